The number of nitrogens with zero attached hydrogens (tertiary/aromatic N) is 3. The van der Waals surface area contributed by atoms with Crippen molar-refractivity contribution in [1.29, 1.82) is 0 Å². The van der Waals surface area contributed by atoms with Crippen molar-refractivity contribution >= 4 is 11.5 Å². The van der Waals surface area contributed by atoms with E-state index in [9.17, 15) is 4.79 Å². The first-order valence-electron chi connectivity index (χ1n) is 8.04. The molecule has 3 aromatic rings. The van der Waals surface area contributed by atoms with Crippen molar-refractivity contribution in [2.24, 2.45) is 0 Å². The summed E-state index contributed by atoms with van der Waals surface area (Å²) in [5, 5.41) is 0. The quantitative estimate of drug-likeness (QED) is 0.669. The van der Waals surface area contributed by atoms with Gasteiger partial charge in [-0.25, -0.2) is 4.98 Å². The van der Waals surface area contributed by atoms with Gasteiger partial charge in [0.1, 0.15) is 5.78 Å². The van der Waals surface area contributed by atoms with Gasteiger partial charge in [-0.05, 0) is 30.2 Å². The number of ketones is 1. The first kappa shape index (κ1) is 16.0. The standard InChI is InChI=1S/C20H21N3O/c1-17(24)13-23(15-18-6-3-2-4-7-18)20-9-5-8-19(12-20)14-22-11-10-21-16-22/h2-12,16H,13-15H2,1H3. The lowest BCUT2D eigenvalue weighted by molar-refractivity contribution is -0.115. The smallest absolute Gasteiger partial charge is 0.149 e. The molecule has 0 saturated heterocycles. The van der Waals surface area contributed by atoms with Gasteiger partial charge >= 0.3 is 0 Å². The van der Waals surface area contributed by atoms with E-state index in [-0.39, 0.29) is 5.78 Å². The molecule has 0 fully saturated rings. The summed E-state index contributed by atoms with van der Waals surface area (Å²) in [7, 11) is 0. The number of imidazole rings is 1. The maximum absolute atomic E-state index is 11.7. The Kier molecular flexibility index (Phi) is 5.06. The van der Waals surface area contributed by atoms with Crippen LogP contribution in [-0.4, -0.2) is 21.9 Å². The van der Waals surface area contributed by atoms with Crippen molar-refractivity contribution in [3.8, 4) is 0 Å². The zero-order valence-corrected chi connectivity index (χ0v) is 13.8. The van der Waals surface area contributed by atoms with E-state index in [1.54, 1.807) is 13.1 Å². The van der Waals surface area contributed by atoms with Crippen molar-refractivity contribution < 1.29 is 4.79 Å². The minimum atomic E-state index is 0.158. The van der Waals surface area contributed by atoms with Crippen LogP contribution in [0.4, 0.5) is 5.69 Å². The molecule has 0 unspecified atom stereocenters. The molecule has 4 heteroatoms. The van der Waals surface area contributed by atoms with E-state index in [0.29, 0.717) is 6.54 Å². The van der Waals surface area contributed by atoms with Gasteiger partial charge in [-0.15, -0.1) is 0 Å². The lowest BCUT2D eigenvalue weighted by Gasteiger charge is -2.24. The molecule has 0 atom stereocenters. The molecule has 1 aromatic heterocycles. The second kappa shape index (κ2) is 7.59. The lowest BCUT2D eigenvalue weighted by atomic mass is 10.1. The second-order valence-corrected chi connectivity index (χ2v) is 5.95. The van der Waals surface area contributed by atoms with Crippen molar-refractivity contribution in [2.45, 2.75) is 20.0 Å². The highest BCUT2D eigenvalue weighted by Crippen LogP contribution is 2.19. The molecule has 122 valence electrons. The average molecular weight is 319 g/mol. The predicted octanol–water partition coefficient (Wildman–Crippen LogP) is 3.53. The van der Waals surface area contributed by atoms with Crippen LogP contribution in [0.5, 0.6) is 0 Å². The molecule has 24 heavy (non-hydrogen) atoms. The summed E-state index contributed by atoms with van der Waals surface area (Å²) in [5.74, 6) is 0.158. The molecule has 0 saturated carbocycles. The number of Topliss-reactive ketones (excluding diaryl/α,β-unsaturated/α-hetero) is 1. The van der Waals surface area contributed by atoms with Gasteiger partial charge in [0.05, 0.1) is 12.9 Å². The van der Waals surface area contributed by atoms with Gasteiger partial charge in [0.25, 0.3) is 0 Å². The molecule has 0 aliphatic rings. The van der Waals surface area contributed by atoms with E-state index >= 15 is 0 Å². The summed E-state index contributed by atoms with van der Waals surface area (Å²) in [4.78, 5) is 17.9. The summed E-state index contributed by atoms with van der Waals surface area (Å²) in [6.45, 7) is 3.53. The number of anilines is 1. The van der Waals surface area contributed by atoms with E-state index in [0.717, 1.165) is 18.8 Å². The molecule has 0 radical (unpaired) electrons. The van der Waals surface area contributed by atoms with Crippen molar-refractivity contribution in [1.82, 2.24) is 9.55 Å². The van der Waals surface area contributed by atoms with E-state index in [2.05, 4.69) is 40.2 Å². The predicted molar refractivity (Wildman–Crippen MR) is 95.9 cm³/mol. The molecule has 0 aliphatic carbocycles. The van der Waals surface area contributed by atoms with Gasteiger partial charge < -0.3 is 9.47 Å². The highest BCUT2D eigenvalue weighted by molar-refractivity contribution is 5.81. The molecule has 1 heterocycles. The fourth-order valence-electron chi connectivity index (χ4n) is 2.75. The molecule has 4 nitrogen and oxygen atoms in total. The SMILES string of the molecule is CC(=O)CN(Cc1ccccc1)c1cccc(Cn2ccnc2)c1. The van der Waals surface area contributed by atoms with Gasteiger partial charge in [0.15, 0.2) is 0 Å². The Morgan fingerprint density at radius 3 is 2.58 bits per heavy atom. The van der Waals surface area contributed by atoms with Gasteiger partial charge in [0.2, 0.25) is 0 Å². The van der Waals surface area contributed by atoms with Crippen LogP contribution in [0.1, 0.15) is 18.1 Å². The van der Waals surface area contributed by atoms with E-state index in [1.165, 1.54) is 11.1 Å². The molecule has 0 bridgehead atoms. The van der Waals surface area contributed by atoms with Crippen LogP contribution >= 0.6 is 0 Å². The largest absolute Gasteiger partial charge is 0.360 e. The van der Waals surface area contributed by atoms with Crippen LogP contribution in [0.15, 0.2) is 73.3 Å². The Bertz CT molecular complexity index is 782. The number of aromatic nitrogens is 2. The molecule has 2 aromatic carbocycles. The summed E-state index contributed by atoms with van der Waals surface area (Å²) >= 11 is 0. The van der Waals surface area contributed by atoms with E-state index < -0.39 is 0 Å². The van der Waals surface area contributed by atoms with Crippen LogP contribution in [0.3, 0.4) is 0 Å². The molecular formula is C20H21N3O. The van der Waals surface area contributed by atoms with Crippen LogP contribution in [-0.2, 0) is 17.9 Å². The highest BCUT2D eigenvalue weighted by Gasteiger charge is 2.10. The van der Waals surface area contributed by atoms with Crippen LogP contribution in [0.2, 0.25) is 0 Å². The van der Waals surface area contributed by atoms with E-state index in [4.69, 9.17) is 0 Å². The maximum Gasteiger partial charge on any atom is 0.149 e. The third-order valence-corrected chi connectivity index (χ3v) is 3.83. The van der Waals surface area contributed by atoms with Gasteiger partial charge in [-0.1, -0.05) is 42.5 Å². The normalized spacial score (nSPS) is 10.5. The third-order valence-electron chi connectivity index (χ3n) is 3.83. The van der Waals surface area contributed by atoms with Crippen molar-refractivity contribution in [3.63, 3.8) is 0 Å². The summed E-state index contributed by atoms with van der Waals surface area (Å²) in [6.07, 6.45) is 5.54. The number of carbonyl (C=O) groups is 1. The number of hydrogen-bond donors (Lipinski definition) is 0. The highest BCUT2D eigenvalue weighted by atomic mass is 16.1. The lowest BCUT2D eigenvalue weighted by Crippen LogP contribution is -2.28. The molecular weight excluding hydrogens is 298 g/mol. The van der Waals surface area contributed by atoms with Crippen LogP contribution < -0.4 is 4.90 Å². The molecule has 0 N–H and O–H groups in total. The summed E-state index contributed by atoms with van der Waals surface area (Å²) < 4.78 is 2.03. The molecule has 0 amide bonds. The number of hydrogen-bond acceptors (Lipinski definition) is 3. The fourth-order valence-corrected chi connectivity index (χ4v) is 2.75. The second-order valence-electron chi connectivity index (χ2n) is 5.95. The summed E-state index contributed by atoms with van der Waals surface area (Å²) in [6, 6.07) is 18.6. The first-order valence-corrected chi connectivity index (χ1v) is 8.04. The Morgan fingerprint density at radius 2 is 1.88 bits per heavy atom. The minimum Gasteiger partial charge on any atom is -0.360 e. The maximum atomic E-state index is 11.7. The van der Waals surface area contributed by atoms with Crippen LogP contribution in [0.25, 0.3) is 0 Å². The molecule has 0 aliphatic heterocycles. The number of rotatable bonds is 7. The average Bonchev–Trinajstić information content (AvgIpc) is 3.08. The zero-order chi connectivity index (χ0) is 16.8. The number of benzene rings is 2. The van der Waals surface area contributed by atoms with Gasteiger partial charge in [-0.2, -0.15) is 0 Å². The van der Waals surface area contributed by atoms with E-state index in [1.807, 2.05) is 41.4 Å². The Labute approximate surface area is 142 Å². The van der Waals surface area contributed by atoms with Gasteiger partial charge in [0, 0.05) is 31.2 Å². The monoisotopic (exact) mass is 319 g/mol. The fraction of sp³-hybridized carbons (Fsp3) is 0.200. The molecule has 0 spiro atoms. The number of carbonyl (C=O) groups excluding carboxylic acids is 1. The Balaban J connectivity index is 1.82. The summed E-state index contributed by atoms with van der Waals surface area (Å²) in [5.41, 5.74) is 3.44. The first-order chi connectivity index (χ1) is 11.7. The Morgan fingerprint density at radius 1 is 1.08 bits per heavy atom. The van der Waals surface area contributed by atoms with Crippen LogP contribution in [0, 0.1) is 0 Å². The minimum absolute atomic E-state index is 0.158. The van der Waals surface area contributed by atoms with Crippen molar-refractivity contribution in [2.75, 3.05) is 11.4 Å². The topological polar surface area (TPSA) is 38.1 Å². The van der Waals surface area contributed by atoms with Gasteiger partial charge in [-0.3, -0.25) is 4.79 Å². The molecule has 3 rings (SSSR count). The Hall–Kier alpha value is -2.88. The third kappa shape index (κ3) is 4.32. The van der Waals surface area contributed by atoms with Crippen molar-refractivity contribution in [3.05, 3.63) is 84.4 Å². The zero-order valence-electron chi connectivity index (χ0n) is 13.8.